The first kappa shape index (κ1) is 11.2. The van der Waals surface area contributed by atoms with E-state index in [4.69, 9.17) is 5.26 Å². The molecule has 1 aliphatic heterocycles. The molecule has 1 saturated carbocycles. The van der Waals surface area contributed by atoms with E-state index in [9.17, 15) is 18.0 Å². The third kappa shape index (κ3) is 1.64. The Morgan fingerprint density at radius 2 is 2.06 bits per heavy atom. The van der Waals surface area contributed by atoms with Gasteiger partial charge in [-0.3, -0.25) is 4.79 Å². The molecule has 2 rings (SSSR count). The summed E-state index contributed by atoms with van der Waals surface area (Å²) in [6.07, 6.45) is -2.22. The molecule has 6 heteroatoms. The van der Waals surface area contributed by atoms with Gasteiger partial charge in [0.15, 0.2) is 0 Å². The van der Waals surface area contributed by atoms with Gasteiger partial charge in [-0.05, 0) is 25.2 Å². The smallest absolute Gasteiger partial charge is 0.316 e. The van der Waals surface area contributed by atoms with Gasteiger partial charge in [0.1, 0.15) is 6.04 Å². The number of carbonyl (C=O) groups excluding carboxylic acids is 1. The molecule has 0 aromatic heterocycles. The maximum Gasteiger partial charge on any atom is 0.471 e. The van der Waals surface area contributed by atoms with E-state index in [0.29, 0.717) is 12.8 Å². The van der Waals surface area contributed by atoms with Crippen LogP contribution >= 0.6 is 0 Å². The Morgan fingerprint density at radius 1 is 1.38 bits per heavy atom. The number of hydrogen-bond donors (Lipinski definition) is 0. The summed E-state index contributed by atoms with van der Waals surface area (Å²) in [5.74, 6) is -1.77. The van der Waals surface area contributed by atoms with Gasteiger partial charge in [-0.15, -0.1) is 0 Å². The zero-order valence-electron chi connectivity index (χ0n) is 8.50. The summed E-state index contributed by atoms with van der Waals surface area (Å²) in [6.45, 7) is 0. The molecule has 1 saturated heterocycles. The van der Waals surface area contributed by atoms with Crippen LogP contribution < -0.4 is 0 Å². The van der Waals surface area contributed by atoms with Crippen molar-refractivity contribution in [1.29, 1.82) is 5.26 Å². The van der Waals surface area contributed by atoms with Crippen LogP contribution in [-0.4, -0.2) is 29.1 Å². The summed E-state index contributed by atoms with van der Waals surface area (Å²) in [5, 5.41) is 8.79. The first-order valence-corrected chi connectivity index (χ1v) is 5.24. The third-order valence-electron chi connectivity index (χ3n) is 3.46. The molecule has 3 nitrogen and oxygen atoms in total. The number of likely N-dealkylation sites (tertiary alicyclic amines) is 1. The van der Waals surface area contributed by atoms with Crippen molar-refractivity contribution in [1.82, 2.24) is 4.90 Å². The van der Waals surface area contributed by atoms with Crippen LogP contribution in [0.1, 0.15) is 25.7 Å². The van der Waals surface area contributed by atoms with Gasteiger partial charge in [0, 0.05) is 6.04 Å². The molecule has 2 fully saturated rings. The molecule has 0 aromatic rings. The van der Waals surface area contributed by atoms with Crippen molar-refractivity contribution in [3.05, 3.63) is 0 Å². The predicted octanol–water partition coefficient (Wildman–Crippen LogP) is 1.84. The number of rotatable bonds is 0. The number of alkyl halides is 3. The fourth-order valence-corrected chi connectivity index (χ4v) is 2.84. The molecule has 1 heterocycles. The average molecular weight is 232 g/mol. The fraction of sp³-hybridized carbons (Fsp3) is 0.800. The highest BCUT2D eigenvalue weighted by Crippen LogP contribution is 2.42. The van der Waals surface area contributed by atoms with Gasteiger partial charge in [-0.2, -0.15) is 18.4 Å². The molecule has 0 bridgehead atoms. The van der Waals surface area contributed by atoms with Crippen LogP contribution in [0.4, 0.5) is 13.2 Å². The van der Waals surface area contributed by atoms with Gasteiger partial charge in [-0.25, -0.2) is 0 Å². The maximum absolute atomic E-state index is 12.4. The summed E-state index contributed by atoms with van der Waals surface area (Å²) in [7, 11) is 0. The molecule has 1 amide bonds. The van der Waals surface area contributed by atoms with Crippen molar-refractivity contribution in [3.63, 3.8) is 0 Å². The summed E-state index contributed by atoms with van der Waals surface area (Å²) < 4.78 is 37.1. The van der Waals surface area contributed by atoms with Crippen molar-refractivity contribution >= 4 is 5.91 Å². The molecule has 16 heavy (non-hydrogen) atoms. The molecule has 3 atom stereocenters. The topological polar surface area (TPSA) is 44.1 Å². The fourth-order valence-electron chi connectivity index (χ4n) is 2.84. The Bertz CT molecular complexity index is 347. The van der Waals surface area contributed by atoms with Crippen LogP contribution in [0.2, 0.25) is 0 Å². The van der Waals surface area contributed by atoms with Crippen molar-refractivity contribution in [3.8, 4) is 6.07 Å². The third-order valence-corrected chi connectivity index (χ3v) is 3.46. The monoisotopic (exact) mass is 232 g/mol. The minimum absolute atomic E-state index is 0.0796. The first-order chi connectivity index (χ1) is 7.45. The van der Waals surface area contributed by atoms with E-state index >= 15 is 0 Å². The number of hydrogen-bond acceptors (Lipinski definition) is 2. The van der Waals surface area contributed by atoms with Crippen LogP contribution in [0, 0.1) is 17.2 Å². The number of nitrogens with zero attached hydrogens (tertiary/aromatic N) is 2. The quantitative estimate of drug-likeness (QED) is 0.639. The predicted molar refractivity (Wildman–Crippen MR) is 48.0 cm³/mol. The van der Waals surface area contributed by atoms with E-state index in [1.165, 1.54) is 0 Å². The lowest BCUT2D eigenvalue weighted by atomic mass is 10.0. The summed E-state index contributed by atoms with van der Waals surface area (Å²) in [4.78, 5) is 12.0. The molecule has 0 aromatic carbocycles. The molecule has 2 aliphatic rings. The molecule has 1 aliphatic carbocycles. The Kier molecular flexibility index (Phi) is 2.56. The van der Waals surface area contributed by atoms with E-state index in [0.717, 1.165) is 17.7 Å². The van der Waals surface area contributed by atoms with Crippen molar-refractivity contribution in [2.24, 2.45) is 5.92 Å². The van der Waals surface area contributed by atoms with E-state index < -0.39 is 18.1 Å². The highest BCUT2D eigenvalue weighted by molar-refractivity contribution is 5.83. The number of halogens is 3. The van der Waals surface area contributed by atoms with Crippen molar-refractivity contribution in [2.45, 2.75) is 43.9 Å². The van der Waals surface area contributed by atoms with Gasteiger partial charge < -0.3 is 4.90 Å². The Labute approximate surface area is 90.8 Å². The molecule has 0 spiro atoms. The summed E-state index contributed by atoms with van der Waals surface area (Å²) >= 11 is 0. The number of amides is 1. The van der Waals surface area contributed by atoms with Crippen molar-refractivity contribution < 1.29 is 18.0 Å². The number of fused-ring (bicyclic) bond motifs is 1. The van der Waals surface area contributed by atoms with Gasteiger partial charge in [0.25, 0.3) is 0 Å². The van der Waals surface area contributed by atoms with Crippen LogP contribution in [-0.2, 0) is 4.79 Å². The molecule has 0 radical (unpaired) electrons. The summed E-state index contributed by atoms with van der Waals surface area (Å²) in [6, 6.07) is 0.526. The Morgan fingerprint density at radius 3 is 2.62 bits per heavy atom. The molecule has 3 unspecified atom stereocenters. The average Bonchev–Trinajstić information content (AvgIpc) is 2.73. The second-order valence-electron chi connectivity index (χ2n) is 4.35. The Balaban J connectivity index is 2.24. The minimum Gasteiger partial charge on any atom is -0.316 e. The largest absolute Gasteiger partial charge is 0.471 e. The van der Waals surface area contributed by atoms with Gasteiger partial charge in [0.05, 0.1) is 6.07 Å². The van der Waals surface area contributed by atoms with Gasteiger partial charge in [-0.1, -0.05) is 6.42 Å². The van der Waals surface area contributed by atoms with Gasteiger partial charge in [0.2, 0.25) is 0 Å². The Hall–Kier alpha value is -1.25. The molecule has 88 valence electrons. The van der Waals surface area contributed by atoms with Crippen LogP contribution in [0.15, 0.2) is 0 Å². The summed E-state index contributed by atoms with van der Waals surface area (Å²) in [5.41, 5.74) is 0. The highest BCUT2D eigenvalue weighted by Gasteiger charge is 2.53. The minimum atomic E-state index is -4.87. The van der Waals surface area contributed by atoms with Gasteiger partial charge >= 0.3 is 12.1 Å². The second-order valence-corrected chi connectivity index (χ2v) is 4.35. The van der Waals surface area contributed by atoms with Crippen molar-refractivity contribution in [2.75, 3.05) is 0 Å². The maximum atomic E-state index is 12.4. The normalized spacial score (nSPS) is 33.6. The van der Waals surface area contributed by atoms with Crippen LogP contribution in [0.25, 0.3) is 0 Å². The lowest BCUT2D eigenvalue weighted by Gasteiger charge is -2.27. The van der Waals surface area contributed by atoms with Crippen LogP contribution in [0.3, 0.4) is 0 Å². The van der Waals surface area contributed by atoms with E-state index in [2.05, 4.69) is 0 Å². The first-order valence-electron chi connectivity index (χ1n) is 5.24. The highest BCUT2D eigenvalue weighted by atomic mass is 19.4. The van der Waals surface area contributed by atoms with E-state index in [-0.39, 0.29) is 12.0 Å². The molecular formula is C10H11F3N2O. The molecular weight excluding hydrogens is 221 g/mol. The lowest BCUT2D eigenvalue weighted by Crippen LogP contribution is -2.47. The van der Waals surface area contributed by atoms with Crippen LogP contribution in [0.5, 0.6) is 0 Å². The van der Waals surface area contributed by atoms with E-state index in [1.54, 1.807) is 6.07 Å². The standard InChI is InChI=1S/C10H11F3N2O/c11-10(12,13)9(16)15-7(5-14)4-6-2-1-3-8(6)15/h6-8H,1-4H2. The second kappa shape index (κ2) is 3.65. The zero-order valence-corrected chi connectivity index (χ0v) is 8.50. The number of carbonyl (C=O) groups is 1. The molecule has 0 N–H and O–H groups in total. The zero-order chi connectivity index (χ0) is 11.9. The number of nitriles is 1. The lowest BCUT2D eigenvalue weighted by molar-refractivity contribution is -0.187. The van der Waals surface area contributed by atoms with E-state index in [1.807, 2.05) is 0 Å². The SMILES string of the molecule is N#CC1CC2CCCC2N1C(=O)C(F)(F)F.